The van der Waals surface area contributed by atoms with Crippen molar-refractivity contribution in [2.24, 2.45) is 0 Å². The van der Waals surface area contributed by atoms with E-state index >= 15 is 0 Å². The Kier molecular flexibility index (Phi) is 20.6. The third-order valence-corrected chi connectivity index (χ3v) is 6.78. The SMILES string of the molecule is CCCCCCCCCCCCCCCCCCN(CCCN(C)C)C(=O)OCc1ccccc1. The van der Waals surface area contributed by atoms with Crippen LogP contribution in [-0.2, 0) is 11.3 Å². The molecule has 0 unspecified atom stereocenters. The topological polar surface area (TPSA) is 32.8 Å². The molecule has 0 heterocycles. The monoisotopic (exact) mass is 488 g/mol. The maximum absolute atomic E-state index is 12.7. The molecule has 0 bridgehead atoms. The molecular formula is C31H56N2O2. The second-order valence-corrected chi connectivity index (χ2v) is 10.5. The van der Waals surface area contributed by atoms with E-state index in [-0.39, 0.29) is 6.09 Å². The fourth-order valence-electron chi connectivity index (χ4n) is 4.53. The summed E-state index contributed by atoms with van der Waals surface area (Å²) in [6.45, 7) is 5.20. The van der Waals surface area contributed by atoms with Crippen molar-refractivity contribution >= 4 is 6.09 Å². The lowest BCUT2D eigenvalue weighted by molar-refractivity contribution is 0.0941. The average molecular weight is 489 g/mol. The molecular weight excluding hydrogens is 432 g/mol. The van der Waals surface area contributed by atoms with Gasteiger partial charge in [0.25, 0.3) is 0 Å². The van der Waals surface area contributed by atoms with Crippen LogP contribution in [0.5, 0.6) is 0 Å². The van der Waals surface area contributed by atoms with Gasteiger partial charge >= 0.3 is 6.09 Å². The summed E-state index contributed by atoms with van der Waals surface area (Å²) < 4.78 is 5.60. The zero-order valence-electron chi connectivity index (χ0n) is 23.4. The van der Waals surface area contributed by atoms with Crippen molar-refractivity contribution in [2.45, 2.75) is 123 Å². The van der Waals surface area contributed by atoms with Crippen molar-refractivity contribution in [1.29, 1.82) is 0 Å². The van der Waals surface area contributed by atoms with Gasteiger partial charge in [-0.05, 0) is 39.0 Å². The molecule has 0 fully saturated rings. The maximum Gasteiger partial charge on any atom is 0.410 e. The van der Waals surface area contributed by atoms with Gasteiger partial charge in [-0.2, -0.15) is 0 Å². The molecule has 0 spiro atoms. The molecule has 0 aliphatic rings. The number of carbonyl (C=O) groups is 1. The molecule has 0 radical (unpaired) electrons. The van der Waals surface area contributed by atoms with Gasteiger partial charge in [0.2, 0.25) is 0 Å². The first-order valence-electron chi connectivity index (χ1n) is 14.7. The van der Waals surface area contributed by atoms with Crippen molar-refractivity contribution in [3.63, 3.8) is 0 Å². The summed E-state index contributed by atoms with van der Waals surface area (Å²) in [6.07, 6.45) is 22.6. The standard InChI is InChI=1S/C31H56N2O2/c1-4-5-6-7-8-9-10-11-12-13-14-15-16-17-18-22-27-33(28-23-26-32(2)3)31(34)35-29-30-24-20-19-21-25-30/h19-21,24-25H,4-18,22-23,26-29H2,1-3H3. The van der Waals surface area contributed by atoms with Crippen LogP contribution in [0.1, 0.15) is 122 Å². The van der Waals surface area contributed by atoms with Gasteiger partial charge in [-0.25, -0.2) is 4.79 Å². The lowest BCUT2D eigenvalue weighted by Gasteiger charge is -2.23. The van der Waals surface area contributed by atoms with E-state index in [1.54, 1.807) is 0 Å². The van der Waals surface area contributed by atoms with E-state index in [2.05, 4.69) is 25.9 Å². The van der Waals surface area contributed by atoms with Gasteiger partial charge in [0.15, 0.2) is 0 Å². The van der Waals surface area contributed by atoms with Crippen LogP contribution < -0.4 is 0 Å². The molecule has 0 N–H and O–H groups in total. The zero-order chi connectivity index (χ0) is 25.4. The Balaban J connectivity index is 2.06. The lowest BCUT2D eigenvalue weighted by Crippen LogP contribution is -2.34. The highest BCUT2D eigenvalue weighted by Crippen LogP contribution is 2.14. The van der Waals surface area contributed by atoms with Crippen LogP contribution in [0.2, 0.25) is 0 Å². The minimum Gasteiger partial charge on any atom is -0.445 e. The number of unbranched alkanes of at least 4 members (excludes halogenated alkanes) is 15. The number of hydrogen-bond donors (Lipinski definition) is 0. The molecule has 1 amide bonds. The highest BCUT2D eigenvalue weighted by Gasteiger charge is 2.14. The van der Waals surface area contributed by atoms with Crippen LogP contribution in [0.4, 0.5) is 4.79 Å². The largest absolute Gasteiger partial charge is 0.445 e. The van der Waals surface area contributed by atoms with Crippen molar-refractivity contribution in [2.75, 3.05) is 33.7 Å². The van der Waals surface area contributed by atoms with E-state index in [1.165, 1.54) is 96.3 Å². The Labute approximate surface area is 217 Å². The first kappa shape index (κ1) is 31.5. The Morgan fingerprint density at radius 2 is 1.09 bits per heavy atom. The van der Waals surface area contributed by atoms with Crippen LogP contribution in [0.15, 0.2) is 30.3 Å². The molecule has 1 rings (SSSR count). The Hall–Kier alpha value is -1.55. The molecule has 1 aromatic rings. The predicted molar refractivity (Wildman–Crippen MR) is 151 cm³/mol. The molecule has 0 atom stereocenters. The zero-order valence-corrected chi connectivity index (χ0v) is 23.4. The highest BCUT2D eigenvalue weighted by molar-refractivity contribution is 5.67. The van der Waals surface area contributed by atoms with Crippen molar-refractivity contribution < 1.29 is 9.53 Å². The second-order valence-electron chi connectivity index (χ2n) is 10.5. The van der Waals surface area contributed by atoms with E-state index in [9.17, 15) is 4.79 Å². The van der Waals surface area contributed by atoms with Crippen LogP contribution in [-0.4, -0.2) is 49.6 Å². The molecule has 35 heavy (non-hydrogen) atoms. The average Bonchev–Trinajstić information content (AvgIpc) is 2.86. The van der Waals surface area contributed by atoms with Crippen LogP contribution in [0, 0.1) is 0 Å². The number of benzene rings is 1. The summed E-state index contributed by atoms with van der Waals surface area (Å²) in [5, 5.41) is 0. The Bertz CT molecular complexity index is 591. The summed E-state index contributed by atoms with van der Waals surface area (Å²) >= 11 is 0. The van der Waals surface area contributed by atoms with Gasteiger partial charge in [0.05, 0.1) is 0 Å². The number of hydrogen-bond acceptors (Lipinski definition) is 3. The third kappa shape index (κ3) is 19.3. The molecule has 0 saturated heterocycles. The number of rotatable bonds is 23. The van der Waals surface area contributed by atoms with Crippen LogP contribution in [0.25, 0.3) is 0 Å². The van der Waals surface area contributed by atoms with E-state index in [1.807, 2.05) is 35.2 Å². The highest BCUT2D eigenvalue weighted by atomic mass is 16.6. The first-order valence-corrected chi connectivity index (χ1v) is 14.7. The number of nitrogens with zero attached hydrogens (tertiary/aromatic N) is 2. The maximum atomic E-state index is 12.7. The predicted octanol–water partition coefficient (Wildman–Crippen LogP) is 8.84. The molecule has 4 nitrogen and oxygen atoms in total. The quantitative estimate of drug-likeness (QED) is 0.144. The fourth-order valence-corrected chi connectivity index (χ4v) is 4.53. The van der Waals surface area contributed by atoms with Gasteiger partial charge in [-0.3, -0.25) is 0 Å². The van der Waals surface area contributed by atoms with Crippen LogP contribution in [0.3, 0.4) is 0 Å². The summed E-state index contributed by atoms with van der Waals surface area (Å²) in [6, 6.07) is 9.94. The number of amides is 1. The fraction of sp³-hybridized carbons (Fsp3) is 0.774. The lowest BCUT2D eigenvalue weighted by atomic mass is 10.0. The van der Waals surface area contributed by atoms with Crippen molar-refractivity contribution in [3.05, 3.63) is 35.9 Å². The third-order valence-electron chi connectivity index (χ3n) is 6.78. The van der Waals surface area contributed by atoms with E-state index in [0.717, 1.165) is 38.0 Å². The molecule has 0 aliphatic heterocycles. The molecule has 202 valence electrons. The summed E-state index contributed by atoms with van der Waals surface area (Å²) in [7, 11) is 4.15. The van der Waals surface area contributed by atoms with E-state index in [4.69, 9.17) is 4.74 Å². The van der Waals surface area contributed by atoms with Gasteiger partial charge in [-0.1, -0.05) is 134 Å². The van der Waals surface area contributed by atoms with Crippen LogP contribution >= 0.6 is 0 Å². The minimum atomic E-state index is -0.173. The molecule has 0 saturated carbocycles. The number of carbonyl (C=O) groups excluding carboxylic acids is 1. The molecule has 0 aliphatic carbocycles. The van der Waals surface area contributed by atoms with E-state index < -0.39 is 0 Å². The normalized spacial score (nSPS) is 11.2. The Morgan fingerprint density at radius 1 is 0.629 bits per heavy atom. The Morgan fingerprint density at radius 3 is 1.57 bits per heavy atom. The first-order chi connectivity index (χ1) is 17.1. The second kappa shape index (κ2) is 22.9. The van der Waals surface area contributed by atoms with Gasteiger partial charge in [0, 0.05) is 13.1 Å². The molecule has 0 aromatic heterocycles. The molecule has 1 aromatic carbocycles. The summed E-state index contributed by atoms with van der Waals surface area (Å²) in [5.41, 5.74) is 1.04. The smallest absolute Gasteiger partial charge is 0.410 e. The number of ether oxygens (including phenoxy) is 1. The molecule has 4 heteroatoms. The van der Waals surface area contributed by atoms with Gasteiger partial charge in [-0.15, -0.1) is 0 Å². The van der Waals surface area contributed by atoms with Crippen molar-refractivity contribution in [3.8, 4) is 0 Å². The van der Waals surface area contributed by atoms with E-state index in [0.29, 0.717) is 6.61 Å². The minimum absolute atomic E-state index is 0.173. The van der Waals surface area contributed by atoms with Gasteiger partial charge in [0.1, 0.15) is 6.61 Å². The van der Waals surface area contributed by atoms with Gasteiger partial charge < -0.3 is 14.5 Å². The summed E-state index contributed by atoms with van der Waals surface area (Å²) in [5.74, 6) is 0. The summed E-state index contributed by atoms with van der Waals surface area (Å²) in [4.78, 5) is 16.8. The van der Waals surface area contributed by atoms with Crippen molar-refractivity contribution in [1.82, 2.24) is 9.80 Å².